The van der Waals surface area contributed by atoms with Crippen LogP contribution >= 0.6 is 0 Å². The maximum Gasteiger partial charge on any atom is 0.223 e. The summed E-state index contributed by atoms with van der Waals surface area (Å²) in [5.41, 5.74) is 2.68. The van der Waals surface area contributed by atoms with E-state index in [1.54, 1.807) is 0 Å². The average molecular weight is 435 g/mol. The fraction of sp³-hybridized carbons (Fsp3) is 0.696. The molecule has 1 amide bonds. The van der Waals surface area contributed by atoms with Gasteiger partial charge in [0, 0.05) is 19.0 Å². The second-order valence-electron chi connectivity index (χ2n) is 9.33. The Morgan fingerprint density at radius 3 is 2.47 bits per heavy atom. The van der Waals surface area contributed by atoms with Gasteiger partial charge in [0.2, 0.25) is 15.9 Å². The molecule has 166 valence electrons. The lowest BCUT2D eigenvalue weighted by Crippen LogP contribution is -2.59. The lowest BCUT2D eigenvalue weighted by atomic mass is 9.78. The Morgan fingerprint density at radius 1 is 1.07 bits per heavy atom. The highest BCUT2D eigenvalue weighted by molar-refractivity contribution is 7.88. The van der Waals surface area contributed by atoms with Crippen molar-refractivity contribution in [3.8, 4) is 0 Å². The van der Waals surface area contributed by atoms with E-state index in [-0.39, 0.29) is 30.0 Å². The maximum atomic E-state index is 13.4. The van der Waals surface area contributed by atoms with Crippen molar-refractivity contribution in [1.82, 2.24) is 9.62 Å². The van der Waals surface area contributed by atoms with Gasteiger partial charge in [-0.3, -0.25) is 4.79 Å². The number of carbonyl (C=O) groups is 1. The number of hydrogen-bond acceptors (Lipinski definition) is 4. The van der Waals surface area contributed by atoms with Crippen molar-refractivity contribution in [3.05, 3.63) is 35.4 Å². The minimum Gasteiger partial charge on any atom is -0.376 e. The van der Waals surface area contributed by atoms with Crippen molar-refractivity contribution >= 4 is 15.9 Å². The fourth-order valence-corrected chi connectivity index (χ4v) is 6.41. The van der Waals surface area contributed by atoms with E-state index in [4.69, 9.17) is 4.74 Å². The normalized spacial score (nSPS) is 33.1. The molecule has 2 bridgehead atoms. The summed E-state index contributed by atoms with van der Waals surface area (Å²) in [4.78, 5) is 15.2. The third-order valence-corrected chi connectivity index (χ3v) is 7.82. The summed E-state index contributed by atoms with van der Waals surface area (Å²) in [6.45, 7) is 3.20. The zero-order valence-electron chi connectivity index (χ0n) is 18.0. The van der Waals surface area contributed by atoms with Crippen molar-refractivity contribution in [2.24, 2.45) is 0 Å². The van der Waals surface area contributed by atoms with Gasteiger partial charge in [0.25, 0.3) is 0 Å². The molecule has 1 aromatic carbocycles. The molecule has 0 spiro atoms. The predicted octanol–water partition coefficient (Wildman–Crippen LogP) is 3.15. The molecule has 3 heterocycles. The van der Waals surface area contributed by atoms with Gasteiger partial charge in [-0.25, -0.2) is 13.1 Å². The lowest BCUT2D eigenvalue weighted by molar-refractivity contribution is -0.138. The maximum absolute atomic E-state index is 13.4. The summed E-state index contributed by atoms with van der Waals surface area (Å²) in [7, 11) is -3.35. The van der Waals surface area contributed by atoms with E-state index >= 15 is 0 Å². The number of sulfonamides is 1. The van der Waals surface area contributed by atoms with Crippen molar-refractivity contribution in [2.45, 2.75) is 81.9 Å². The number of fused-ring (bicyclic) bond motifs is 5. The van der Waals surface area contributed by atoms with Crippen LogP contribution in [0.4, 0.5) is 0 Å². The molecule has 1 aromatic rings. The van der Waals surface area contributed by atoms with Crippen molar-refractivity contribution in [3.63, 3.8) is 0 Å². The highest BCUT2D eigenvalue weighted by Gasteiger charge is 2.38. The Labute approximate surface area is 180 Å². The first-order valence-corrected chi connectivity index (χ1v) is 13.2. The number of piperidine rings is 1. The van der Waals surface area contributed by atoms with Gasteiger partial charge < -0.3 is 9.64 Å². The zero-order chi connectivity index (χ0) is 21.3. The fourth-order valence-electron chi connectivity index (χ4n) is 5.58. The number of carbonyl (C=O) groups excluding carboxylic acids is 1. The standard InChI is InChI=1S/C23H34N2O4S/c1-16-14-23(26)25-13-5-8-21(24-30(2,27)28)22(25)15-29-18-11-9-17(10-12-18)20-7-4-3-6-19(16)20/h3-4,6-7,16-18,21-22,24H,5,8-15H2,1-2H3/t16?,17-,18+,21-,22-/m0/s1. The highest BCUT2D eigenvalue weighted by Crippen LogP contribution is 2.39. The number of ether oxygens (including phenoxy) is 1. The number of nitrogens with zero attached hydrogens (tertiary/aromatic N) is 1. The lowest BCUT2D eigenvalue weighted by Gasteiger charge is -2.42. The Balaban J connectivity index is 1.65. The van der Waals surface area contributed by atoms with Gasteiger partial charge in [0.05, 0.1) is 25.0 Å². The molecule has 1 aliphatic carbocycles. The van der Waals surface area contributed by atoms with Crippen LogP contribution in [0.1, 0.15) is 74.8 Å². The van der Waals surface area contributed by atoms with Crippen molar-refractivity contribution in [2.75, 3.05) is 19.4 Å². The summed E-state index contributed by atoms with van der Waals surface area (Å²) < 4.78 is 32.9. The molecular weight excluding hydrogens is 400 g/mol. The second kappa shape index (κ2) is 8.97. The van der Waals surface area contributed by atoms with Crippen molar-refractivity contribution in [1.29, 1.82) is 0 Å². The summed E-state index contributed by atoms with van der Waals surface area (Å²) >= 11 is 0. The number of hydrogen-bond donors (Lipinski definition) is 1. The van der Waals surface area contributed by atoms with E-state index in [2.05, 4.69) is 35.9 Å². The van der Waals surface area contributed by atoms with Gasteiger partial charge in [0.15, 0.2) is 0 Å². The van der Waals surface area contributed by atoms with Crippen LogP contribution in [0.25, 0.3) is 0 Å². The third kappa shape index (κ3) is 4.89. The first kappa shape index (κ1) is 21.8. The first-order chi connectivity index (χ1) is 14.3. The summed E-state index contributed by atoms with van der Waals surface area (Å²) in [5, 5.41) is 0. The molecule has 6 nitrogen and oxygen atoms in total. The molecule has 0 radical (unpaired) electrons. The van der Waals surface area contributed by atoms with Gasteiger partial charge in [-0.1, -0.05) is 31.2 Å². The summed E-state index contributed by atoms with van der Waals surface area (Å²) in [6, 6.07) is 8.05. The molecule has 30 heavy (non-hydrogen) atoms. The molecule has 0 aromatic heterocycles. The van der Waals surface area contributed by atoms with Crippen LogP contribution in [0.2, 0.25) is 0 Å². The van der Waals surface area contributed by atoms with E-state index < -0.39 is 10.0 Å². The van der Waals surface area contributed by atoms with Crippen LogP contribution in [-0.4, -0.2) is 56.8 Å². The molecular formula is C23H34N2O4S. The van der Waals surface area contributed by atoms with E-state index in [1.165, 1.54) is 17.4 Å². The molecule has 7 heteroatoms. The largest absolute Gasteiger partial charge is 0.376 e. The summed E-state index contributed by atoms with van der Waals surface area (Å²) in [5.74, 6) is 0.760. The topological polar surface area (TPSA) is 75.7 Å². The highest BCUT2D eigenvalue weighted by atomic mass is 32.2. The predicted molar refractivity (Wildman–Crippen MR) is 117 cm³/mol. The molecule has 5 rings (SSSR count). The first-order valence-electron chi connectivity index (χ1n) is 11.3. The van der Waals surface area contributed by atoms with E-state index in [0.29, 0.717) is 25.5 Å². The molecule has 3 aliphatic heterocycles. The third-order valence-electron chi connectivity index (χ3n) is 7.09. The molecule has 1 saturated heterocycles. The quantitative estimate of drug-likeness (QED) is 0.776. The van der Waals surface area contributed by atoms with Gasteiger partial charge in [0.1, 0.15) is 0 Å². The number of amides is 1. The van der Waals surface area contributed by atoms with Crippen LogP contribution in [-0.2, 0) is 19.6 Å². The van der Waals surface area contributed by atoms with Crippen molar-refractivity contribution < 1.29 is 17.9 Å². The van der Waals surface area contributed by atoms with E-state index in [0.717, 1.165) is 38.5 Å². The minimum absolute atomic E-state index is 0.0949. The van der Waals surface area contributed by atoms with Crippen LogP contribution in [0.5, 0.6) is 0 Å². The molecule has 4 aliphatic rings. The smallest absolute Gasteiger partial charge is 0.223 e. The zero-order valence-corrected chi connectivity index (χ0v) is 18.9. The monoisotopic (exact) mass is 434 g/mol. The Morgan fingerprint density at radius 2 is 1.77 bits per heavy atom. The van der Waals surface area contributed by atoms with Crippen LogP contribution < -0.4 is 4.72 Å². The minimum atomic E-state index is -3.35. The van der Waals surface area contributed by atoms with Gasteiger partial charge in [-0.2, -0.15) is 0 Å². The van der Waals surface area contributed by atoms with Gasteiger partial charge in [-0.15, -0.1) is 0 Å². The van der Waals surface area contributed by atoms with Crippen LogP contribution in [0.15, 0.2) is 24.3 Å². The van der Waals surface area contributed by atoms with Gasteiger partial charge in [-0.05, 0) is 61.5 Å². The van der Waals surface area contributed by atoms with E-state index in [9.17, 15) is 13.2 Å². The molecule has 1 N–H and O–H groups in total. The Kier molecular flexibility index (Phi) is 6.51. The Bertz CT molecular complexity index is 864. The SMILES string of the molecule is CC1CC(=O)N2CCC[C@H](NS(C)(=O)=O)[C@@H]2CO[C@H]2CC[C@H](CC2)c2ccccc21. The number of rotatable bonds is 2. The summed E-state index contributed by atoms with van der Waals surface area (Å²) in [6.07, 6.45) is 7.57. The molecule has 1 saturated carbocycles. The second-order valence-corrected chi connectivity index (χ2v) is 11.1. The number of benzene rings is 1. The average Bonchev–Trinajstić information content (AvgIpc) is 2.72. The van der Waals surface area contributed by atoms with Crippen LogP contribution in [0.3, 0.4) is 0 Å². The van der Waals surface area contributed by atoms with E-state index in [1.807, 2.05) is 4.90 Å². The molecule has 3 atom stereocenters. The molecule has 1 unspecified atom stereocenters. The molecule has 2 fully saturated rings. The Hall–Kier alpha value is -1.44. The van der Waals surface area contributed by atoms with Crippen LogP contribution in [0, 0.1) is 0 Å². The van der Waals surface area contributed by atoms with Gasteiger partial charge >= 0.3 is 0 Å². The number of nitrogens with one attached hydrogen (secondary N) is 1.